The lowest BCUT2D eigenvalue weighted by Crippen LogP contribution is -2.21. The van der Waals surface area contributed by atoms with Gasteiger partial charge >= 0.3 is 0 Å². The van der Waals surface area contributed by atoms with Gasteiger partial charge in [-0.15, -0.1) is 0 Å². The molecule has 0 amide bonds. The second-order valence-corrected chi connectivity index (χ2v) is 6.47. The number of carbonyl (C=O) groups is 1. The molecule has 0 saturated heterocycles. The van der Waals surface area contributed by atoms with Crippen molar-refractivity contribution in [3.05, 3.63) is 62.5 Å². The summed E-state index contributed by atoms with van der Waals surface area (Å²) in [6.07, 6.45) is 0. The molecule has 0 heterocycles. The highest BCUT2D eigenvalue weighted by molar-refractivity contribution is 9.10. The van der Waals surface area contributed by atoms with Crippen LogP contribution in [0.4, 0.5) is 0 Å². The van der Waals surface area contributed by atoms with E-state index in [2.05, 4.69) is 31.9 Å². The summed E-state index contributed by atoms with van der Waals surface area (Å²) in [5, 5.41) is -0.0501. The molecule has 2 aromatic carbocycles. The number of hydrogen-bond acceptors (Lipinski definition) is 2. The number of rotatable bonds is 4. The van der Waals surface area contributed by atoms with E-state index in [4.69, 9.17) is 27.9 Å². The average molecular weight is 439 g/mol. The molecule has 0 saturated carbocycles. The van der Waals surface area contributed by atoms with Gasteiger partial charge in [0.05, 0.1) is 5.02 Å². The van der Waals surface area contributed by atoms with Crippen molar-refractivity contribution in [3.63, 3.8) is 0 Å². The molecule has 104 valence electrons. The minimum Gasteiger partial charge on any atom is -0.471 e. The van der Waals surface area contributed by atoms with E-state index in [1.54, 1.807) is 24.3 Å². The fourth-order valence-electron chi connectivity index (χ4n) is 1.52. The summed E-state index contributed by atoms with van der Waals surface area (Å²) in [6, 6.07) is 11.9. The number of Topliss-reactive ketones (excluding diaryl/α,β-unsaturated/α-hetero) is 1. The third kappa shape index (κ3) is 3.98. The second kappa shape index (κ2) is 6.94. The smallest absolute Gasteiger partial charge is 0.215 e. The van der Waals surface area contributed by atoms with Gasteiger partial charge < -0.3 is 4.74 Å². The number of hydrogen-bond donors (Lipinski definition) is 0. The number of ether oxygens (including phenoxy) is 1. The summed E-state index contributed by atoms with van der Waals surface area (Å²) in [5.74, 6) is 0.298. The summed E-state index contributed by atoms with van der Waals surface area (Å²) in [7, 11) is 0. The topological polar surface area (TPSA) is 26.3 Å². The molecule has 1 atom stereocenters. The first-order valence-electron chi connectivity index (χ1n) is 5.53. The van der Waals surface area contributed by atoms with E-state index in [9.17, 15) is 4.79 Å². The number of carbonyl (C=O) groups excluding carboxylic acids is 1. The second-order valence-electron chi connectivity index (χ2n) is 3.88. The van der Waals surface area contributed by atoms with Gasteiger partial charge in [0, 0.05) is 15.1 Å². The van der Waals surface area contributed by atoms with Gasteiger partial charge in [-0.05, 0) is 52.3 Å². The Morgan fingerprint density at radius 3 is 2.55 bits per heavy atom. The molecule has 0 bridgehead atoms. The average Bonchev–Trinajstić information content (AvgIpc) is 2.38. The van der Waals surface area contributed by atoms with E-state index in [1.165, 1.54) is 6.07 Å². The predicted molar refractivity (Wildman–Crippen MR) is 88.3 cm³/mol. The van der Waals surface area contributed by atoms with Gasteiger partial charge in [-0.25, -0.2) is 0 Å². The van der Waals surface area contributed by atoms with Crippen molar-refractivity contribution in [2.24, 2.45) is 0 Å². The highest BCUT2D eigenvalue weighted by Crippen LogP contribution is 2.26. The first-order chi connectivity index (χ1) is 9.47. The standard InChI is InChI=1S/C14H8Br2Cl2O2/c15-8-2-1-3-10(6-8)20-14(16)13(19)11-5-4-9(17)7-12(11)18/h1-7,14H. The molecule has 0 aliphatic rings. The Bertz CT molecular complexity index is 647. The molecule has 20 heavy (non-hydrogen) atoms. The van der Waals surface area contributed by atoms with Crippen LogP contribution < -0.4 is 4.74 Å². The molecule has 2 rings (SSSR count). The predicted octanol–water partition coefficient (Wildman–Crippen LogP) is 5.74. The number of ketones is 1. The Labute approximate surface area is 143 Å². The number of benzene rings is 2. The first-order valence-corrected chi connectivity index (χ1v) is 7.99. The Kier molecular flexibility index (Phi) is 5.49. The van der Waals surface area contributed by atoms with Gasteiger partial charge in [-0.1, -0.05) is 45.2 Å². The molecule has 1 unspecified atom stereocenters. The van der Waals surface area contributed by atoms with Crippen LogP contribution in [-0.2, 0) is 0 Å². The SMILES string of the molecule is O=C(c1ccc(Cl)cc1Cl)C(Br)Oc1cccc(Br)c1. The van der Waals surface area contributed by atoms with Gasteiger partial charge in [-0.2, -0.15) is 0 Å². The summed E-state index contributed by atoms with van der Waals surface area (Å²) in [5.41, 5.74) is 0.355. The Morgan fingerprint density at radius 2 is 1.90 bits per heavy atom. The monoisotopic (exact) mass is 436 g/mol. The first kappa shape index (κ1) is 15.8. The van der Waals surface area contributed by atoms with Gasteiger partial charge in [0.25, 0.3) is 0 Å². The van der Waals surface area contributed by atoms with Gasteiger partial charge in [0.2, 0.25) is 10.8 Å². The molecule has 2 nitrogen and oxygen atoms in total. The summed E-state index contributed by atoms with van der Waals surface area (Å²) >= 11 is 18.4. The lowest BCUT2D eigenvalue weighted by molar-refractivity contribution is 0.0897. The maximum absolute atomic E-state index is 12.3. The highest BCUT2D eigenvalue weighted by Gasteiger charge is 2.21. The van der Waals surface area contributed by atoms with E-state index >= 15 is 0 Å². The molecule has 0 aromatic heterocycles. The van der Waals surface area contributed by atoms with Crippen molar-refractivity contribution in [1.82, 2.24) is 0 Å². The molecule has 0 aliphatic carbocycles. The van der Waals surface area contributed by atoms with Crippen LogP contribution in [0.3, 0.4) is 0 Å². The van der Waals surface area contributed by atoms with Crippen molar-refractivity contribution in [1.29, 1.82) is 0 Å². The normalized spacial score (nSPS) is 12.0. The molecule has 0 radical (unpaired) electrons. The largest absolute Gasteiger partial charge is 0.471 e. The number of alkyl halides is 1. The molecule has 0 spiro atoms. The summed E-state index contributed by atoms with van der Waals surface area (Å²) in [4.78, 5) is 12.3. The minimum atomic E-state index is -0.824. The van der Waals surface area contributed by atoms with Gasteiger partial charge in [-0.3, -0.25) is 4.79 Å². The van der Waals surface area contributed by atoms with Crippen LogP contribution in [0.15, 0.2) is 46.9 Å². The molecule has 6 heteroatoms. The number of halogens is 4. The van der Waals surface area contributed by atoms with E-state index in [-0.39, 0.29) is 5.78 Å². The van der Waals surface area contributed by atoms with Gasteiger partial charge in [0.15, 0.2) is 0 Å². The molecular formula is C14H8Br2Cl2O2. The Hall–Kier alpha value is -0.550. The summed E-state index contributed by atoms with van der Waals surface area (Å²) < 4.78 is 6.41. The zero-order valence-corrected chi connectivity index (χ0v) is 14.6. The highest BCUT2D eigenvalue weighted by atomic mass is 79.9. The fraction of sp³-hybridized carbons (Fsp3) is 0.0714. The van der Waals surface area contributed by atoms with Gasteiger partial charge in [0.1, 0.15) is 5.75 Å². The fourth-order valence-corrected chi connectivity index (χ4v) is 2.87. The van der Waals surface area contributed by atoms with E-state index in [0.717, 1.165) is 4.47 Å². The Morgan fingerprint density at radius 1 is 1.15 bits per heavy atom. The molecule has 0 fully saturated rings. The molecule has 0 N–H and O–H groups in total. The lowest BCUT2D eigenvalue weighted by Gasteiger charge is -2.13. The third-order valence-electron chi connectivity index (χ3n) is 2.44. The zero-order chi connectivity index (χ0) is 14.7. The summed E-state index contributed by atoms with van der Waals surface area (Å²) in [6.45, 7) is 0. The quantitative estimate of drug-likeness (QED) is 0.449. The van der Waals surface area contributed by atoms with Crippen LogP contribution in [0, 0.1) is 0 Å². The maximum Gasteiger partial charge on any atom is 0.215 e. The van der Waals surface area contributed by atoms with E-state index in [0.29, 0.717) is 21.4 Å². The molecule has 2 aromatic rings. The Balaban J connectivity index is 2.16. The van der Waals surface area contributed by atoms with Crippen LogP contribution in [0.2, 0.25) is 10.0 Å². The lowest BCUT2D eigenvalue weighted by atomic mass is 10.1. The van der Waals surface area contributed by atoms with Crippen molar-refractivity contribution in [2.75, 3.05) is 0 Å². The van der Waals surface area contributed by atoms with Crippen LogP contribution in [-0.4, -0.2) is 10.8 Å². The van der Waals surface area contributed by atoms with Crippen LogP contribution in [0.5, 0.6) is 5.75 Å². The zero-order valence-electron chi connectivity index (χ0n) is 9.95. The van der Waals surface area contributed by atoms with Crippen LogP contribution in [0.1, 0.15) is 10.4 Å². The van der Waals surface area contributed by atoms with Crippen LogP contribution >= 0.6 is 55.1 Å². The van der Waals surface area contributed by atoms with Crippen molar-refractivity contribution in [3.8, 4) is 5.75 Å². The van der Waals surface area contributed by atoms with E-state index in [1.807, 2.05) is 12.1 Å². The van der Waals surface area contributed by atoms with Crippen molar-refractivity contribution in [2.45, 2.75) is 5.01 Å². The van der Waals surface area contributed by atoms with Crippen LogP contribution in [0.25, 0.3) is 0 Å². The van der Waals surface area contributed by atoms with Crippen molar-refractivity contribution < 1.29 is 9.53 Å². The third-order valence-corrected chi connectivity index (χ3v) is 4.08. The molecular weight excluding hydrogens is 431 g/mol. The maximum atomic E-state index is 12.3. The minimum absolute atomic E-state index is 0.272. The van der Waals surface area contributed by atoms with Crippen molar-refractivity contribution >= 4 is 60.8 Å². The molecule has 0 aliphatic heterocycles. The van der Waals surface area contributed by atoms with E-state index < -0.39 is 5.01 Å².